The van der Waals surface area contributed by atoms with E-state index in [0.717, 1.165) is 33.6 Å². The molecule has 2 heterocycles. The van der Waals surface area contributed by atoms with Gasteiger partial charge < -0.3 is 9.84 Å². The quantitative estimate of drug-likeness (QED) is 0.785. The van der Waals surface area contributed by atoms with Crippen LogP contribution in [-0.4, -0.2) is 10.1 Å². The molecule has 0 atom stereocenters. The fourth-order valence-electron chi connectivity index (χ4n) is 2.41. The lowest BCUT2D eigenvalue weighted by molar-refractivity contribution is 0.392. The number of benzene rings is 1. The topological polar surface area (TPSA) is 51.0 Å². The van der Waals surface area contributed by atoms with E-state index in [1.165, 1.54) is 5.56 Å². The number of aryl methyl sites for hydroxylation is 3. The van der Waals surface area contributed by atoms with Crippen LogP contribution in [0.4, 0.5) is 5.69 Å². The third kappa shape index (κ3) is 2.13. The molecule has 4 heteroatoms. The first-order valence-electron chi connectivity index (χ1n) is 6.67. The Hall–Kier alpha value is -2.36. The minimum atomic E-state index is 0.703. The zero-order valence-corrected chi connectivity index (χ0v) is 11.9. The van der Waals surface area contributed by atoms with Crippen LogP contribution in [0.15, 0.2) is 35.0 Å². The predicted octanol–water partition coefficient (Wildman–Crippen LogP) is 3.76. The highest BCUT2D eigenvalue weighted by molar-refractivity contribution is 5.93. The molecule has 0 spiro atoms. The molecule has 3 rings (SSSR count). The van der Waals surface area contributed by atoms with Crippen LogP contribution in [0.25, 0.3) is 10.9 Å². The van der Waals surface area contributed by atoms with Crippen LogP contribution in [0.2, 0.25) is 0 Å². The van der Waals surface area contributed by atoms with E-state index >= 15 is 0 Å². The third-order valence-corrected chi connectivity index (χ3v) is 3.61. The van der Waals surface area contributed by atoms with E-state index in [4.69, 9.17) is 4.52 Å². The lowest BCUT2D eigenvalue weighted by Crippen LogP contribution is -2.02. The molecule has 1 N–H and O–H groups in total. The minimum absolute atomic E-state index is 0.703. The molecule has 2 aromatic heterocycles. The predicted molar refractivity (Wildman–Crippen MR) is 79.8 cm³/mol. The van der Waals surface area contributed by atoms with Crippen molar-refractivity contribution in [2.75, 3.05) is 5.32 Å². The van der Waals surface area contributed by atoms with Gasteiger partial charge in [-0.1, -0.05) is 11.2 Å². The maximum Gasteiger partial charge on any atom is 0.138 e. The first kappa shape index (κ1) is 12.7. The molecule has 0 radical (unpaired) electrons. The maximum absolute atomic E-state index is 5.19. The van der Waals surface area contributed by atoms with Crippen LogP contribution in [0.1, 0.15) is 22.6 Å². The standard InChI is InChI=1S/C16H17N3O/c1-10-6-7-15(13-5-4-8-17-16(10)13)18-9-14-11(2)19-20-12(14)3/h4-8,18H,9H2,1-3H3. The smallest absolute Gasteiger partial charge is 0.138 e. The van der Waals surface area contributed by atoms with E-state index in [0.29, 0.717) is 6.54 Å². The number of nitrogens with one attached hydrogen (secondary N) is 1. The monoisotopic (exact) mass is 267 g/mol. The van der Waals surface area contributed by atoms with Crippen molar-refractivity contribution in [1.82, 2.24) is 10.1 Å². The van der Waals surface area contributed by atoms with E-state index < -0.39 is 0 Å². The summed E-state index contributed by atoms with van der Waals surface area (Å²) in [7, 11) is 0. The number of pyridine rings is 1. The molecule has 0 unspecified atom stereocenters. The van der Waals surface area contributed by atoms with Crippen LogP contribution in [0, 0.1) is 20.8 Å². The second kappa shape index (κ2) is 4.96. The summed E-state index contributed by atoms with van der Waals surface area (Å²) >= 11 is 0. The van der Waals surface area contributed by atoms with Crippen LogP contribution >= 0.6 is 0 Å². The van der Waals surface area contributed by atoms with Gasteiger partial charge in [0.05, 0.1) is 11.2 Å². The summed E-state index contributed by atoms with van der Waals surface area (Å²) in [6.07, 6.45) is 1.83. The van der Waals surface area contributed by atoms with Crippen LogP contribution < -0.4 is 5.32 Å². The molecule has 1 aromatic carbocycles. The molecule has 0 saturated heterocycles. The fraction of sp³-hybridized carbons (Fsp3) is 0.250. The molecular weight excluding hydrogens is 250 g/mol. The fourth-order valence-corrected chi connectivity index (χ4v) is 2.41. The van der Waals surface area contributed by atoms with Crippen LogP contribution in [0.5, 0.6) is 0 Å². The number of fused-ring (bicyclic) bond motifs is 1. The molecule has 0 amide bonds. The molecule has 3 aromatic rings. The second-order valence-electron chi connectivity index (χ2n) is 4.99. The number of anilines is 1. The Morgan fingerprint density at radius 3 is 2.75 bits per heavy atom. The second-order valence-corrected chi connectivity index (χ2v) is 4.99. The SMILES string of the molecule is Cc1noc(C)c1CNc1ccc(C)c2ncccc12. The van der Waals surface area contributed by atoms with Gasteiger partial charge in [0.25, 0.3) is 0 Å². The first-order chi connectivity index (χ1) is 9.66. The van der Waals surface area contributed by atoms with Gasteiger partial charge in [-0.15, -0.1) is 0 Å². The van der Waals surface area contributed by atoms with E-state index in [2.05, 4.69) is 40.6 Å². The van der Waals surface area contributed by atoms with Gasteiger partial charge in [0, 0.05) is 29.4 Å². The number of hydrogen-bond acceptors (Lipinski definition) is 4. The average molecular weight is 267 g/mol. The van der Waals surface area contributed by atoms with E-state index in [1.807, 2.05) is 26.1 Å². The highest BCUT2D eigenvalue weighted by atomic mass is 16.5. The molecule has 0 aliphatic heterocycles. The summed E-state index contributed by atoms with van der Waals surface area (Å²) in [5.74, 6) is 0.865. The van der Waals surface area contributed by atoms with Gasteiger partial charge in [-0.25, -0.2) is 0 Å². The molecule has 0 aliphatic rings. The van der Waals surface area contributed by atoms with E-state index in [1.54, 1.807) is 0 Å². The Bertz CT molecular complexity index is 742. The summed E-state index contributed by atoms with van der Waals surface area (Å²) in [5.41, 5.74) is 5.35. The Labute approximate surface area is 117 Å². The van der Waals surface area contributed by atoms with E-state index in [-0.39, 0.29) is 0 Å². The molecule has 20 heavy (non-hydrogen) atoms. The summed E-state index contributed by atoms with van der Waals surface area (Å²) < 4.78 is 5.19. The lowest BCUT2D eigenvalue weighted by Gasteiger charge is -2.10. The largest absolute Gasteiger partial charge is 0.380 e. The maximum atomic E-state index is 5.19. The number of aromatic nitrogens is 2. The first-order valence-corrected chi connectivity index (χ1v) is 6.67. The Kier molecular flexibility index (Phi) is 3.14. The summed E-state index contributed by atoms with van der Waals surface area (Å²) in [6.45, 7) is 6.68. The van der Waals surface area contributed by atoms with Gasteiger partial charge in [0.15, 0.2) is 0 Å². The van der Waals surface area contributed by atoms with Crippen molar-refractivity contribution >= 4 is 16.6 Å². The van der Waals surface area contributed by atoms with Crippen LogP contribution in [0.3, 0.4) is 0 Å². The highest BCUT2D eigenvalue weighted by Gasteiger charge is 2.10. The normalized spacial score (nSPS) is 10.9. The van der Waals surface area contributed by atoms with Crippen molar-refractivity contribution < 1.29 is 4.52 Å². The van der Waals surface area contributed by atoms with Crippen molar-refractivity contribution in [3.8, 4) is 0 Å². The molecule has 0 saturated carbocycles. The van der Waals surface area contributed by atoms with Crippen molar-refractivity contribution in [2.45, 2.75) is 27.3 Å². The van der Waals surface area contributed by atoms with Gasteiger partial charge in [-0.05, 0) is 44.5 Å². The Morgan fingerprint density at radius 2 is 2.00 bits per heavy atom. The van der Waals surface area contributed by atoms with Gasteiger partial charge in [0.1, 0.15) is 5.76 Å². The average Bonchev–Trinajstić information content (AvgIpc) is 2.78. The molecule has 0 bridgehead atoms. The number of nitrogens with zero attached hydrogens (tertiary/aromatic N) is 2. The Balaban J connectivity index is 1.94. The molecule has 0 fully saturated rings. The number of rotatable bonds is 3. The van der Waals surface area contributed by atoms with Crippen molar-refractivity contribution in [1.29, 1.82) is 0 Å². The minimum Gasteiger partial charge on any atom is -0.380 e. The molecule has 4 nitrogen and oxygen atoms in total. The summed E-state index contributed by atoms with van der Waals surface area (Å²) in [4.78, 5) is 4.45. The third-order valence-electron chi connectivity index (χ3n) is 3.61. The Morgan fingerprint density at radius 1 is 1.15 bits per heavy atom. The summed E-state index contributed by atoms with van der Waals surface area (Å²) in [5, 5.41) is 8.57. The van der Waals surface area contributed by atoms with E-state index in [9.17, 15) is 0 Å². The van der Waals surface area contributed by atoms with Crippen molar-refractivity contribution in [3.63, 3.8) is 0 Å². The zero-order chi connectivity index (χ0) is 14.1. The van der Waals surface area contributed by atoms with Gasteiger partial charge >= 0.3 is 0 Å². The lowest BCUT2D eigenvalue weighted by atomic mass is 10.1. The summed E-state index contributed by atoms with van der Waals surface area (Å²) in [6, 6.07) is 8.23. The highest BCUT2D eigenvalue weighted by Crippen LogP contribution is 2.25. The molecule has 0 aliphatic carbocycles. The molecule has 102 valence electrons. The van der Waals surface area contributed by atoms with Gasteiger partial charge in [-0.2, -0.15) is 0 Å². The van der Waals surface area contributed by atoms with Crippen molar-refractivity contribution in [2.24, 2.45) is 0 Å². The molecular formula is C16H17N3O. The van der Waals surface area contributed by atoms with Crippen LogP contribution in [-0.2, 0) is 6.54 Å². The number of hydrogen-bond donors (Lipinski definition) is 1. The van der Waals surface area contributed by atoms with Crippen molar-refractivity contribution in [3.05, 3.63) is 53.0 Å². The zero-order valence-electron chi connectivity index (χ0n) is 11.9. The van der Waals surface area contributed by atoms with Gasteiger partial charge in [0.2, 0.25) is 0 Å². The van der Waals surface area contributed by atoms with Gasteiger partial charge in [-0.3, -0.25) is 4.98 Å².